The van der Waals surface area contributed by atoms with E-state index in [0.29, 0.717) is 0 Å². The molecule has 0 aliphatic heterocycles. The van der Waals surface area contributed by atoms with Crippen LogP contribution in [0, 0.1) is 31.1 Å². The van der Waals surface area contributed by atoms with Crippen molar-refractivity contribution in [2.45, 2.75) is 0 Å². The van der Waals surface area contributed by atoms with Gasteiger partial charge in [0.25, 0.3) is 0 Å². The van der Waals surface area contributed by atoms with E-state index in [1.54, 1.807) is 0 Å². The van der Waals surface area contributed by atoms with Crippen LogP contribution in [0.1, 0.15) is 0 Å². The Morgan fingerprint density at radius 1 is 0.600 bits per heavy atom. The average Bonchev–Trinajstić information content (AvgIpc) is 0. The van der Waals surface area contributed by atoms with E-state index in [9.17, 15) is 0 Å². The van der Waals surface area contributed by atoms with Crippen molar-refractivity contribution < 1.29 is 73.8 Å². The maximum atomic E-state index is 0. The van der Waals surface area contributed by atoms with Crippen LogP contribution in [0.25, 0.3) is 0 Å². The largest absolute Gasteiger partial charge is 3.00 e. The van der Waals surface area contributed by atoms with Crippen molar-refractivity contribution in [3.05, 3.63) is 0 Å². The summed E-state index contributed by atoms with van der Waals surface area (Å²) < 4.78 is 0. The predicted octanol–water partition coefficient (Wildman–Crippen LogP) is -9.81. The summed E-state index contributed by atoms with van der Waals surface area (Å²) in [6.45, 7) is 0. The summed E-state index contributed by atoms with van der Waals surface area (Å²) in [4.78, 5) is 0. The quantitative estimate of drug-likeness (QED) is 0.410. The zero-order valence-corrected chi connectivity index (χ0v) is 8.57. The molecule has 0 bridgehead atoms. The molecule has 0 heterocycles. The van der Waals surface area contributed by atoms with Crippen LogP contribution in [-0.2, 0) is 0 Å². The maximum absolute atomic E-state index is 0. The monoisotopic (exact) mass is 361 g/mol. The number of hydrogen-bond donors (Lipinski definition) is 0. The van der Waals surface area contributed by atoms with Gasteiger partial charge in [-0.3, -0.25) is 0 Å². The van der Waals surface area contributed by atoms with Gasteiger partial charge < -0.3 is 42.7 Å². The Labute approximate surface area is 73.2 Å². The standard InChI is InChI=1S/3ClH.H2O.U/h3*1H;1H2;/q;;;;+3/p-3. The van der Waals surface area contributed by atoms with E-state index in [-0.39, 0.29) is 73.8 Å². The minimum atomic E-state index is 0. The molecule has 1 nitrogen and oxygen atoms in total. The topological polar surface area (TPSA) is 31.5 Å². The van der Waals surface area contributed by atoms with E-state index >= 15 is 0 Å². The molecule has 0 saturated carbocycles. The molecular formula is H2Cl3OU. The van der Waals surface area contributed by atoms with Gasteiger partial charge in [0.1, 0.15) is 0 Å². The fourth-order valence-corrected chi connectivity index (χ4v) is 0. The van der Waals surface area contributed by atoms with E-state index < -0.39 is 0 Å². The Hall–Kier alpha value is 1.88. The Kier molecular flexibility index (Phi) is 532. The van der Waals surface area contributed by atoms with Gasteiger partial charge in [-0.25, -0.2) is 0 Å². The van der Waals surface area contributed by atoms with E-state index in [1.807, 2.05) is 0 Å². The van der Waals surface area contributed by atoms with Crippen LogP contribution in [0.15, 0.2) is 0 Å². The molecule has 0 aromatic carbocycles. The van der Waals surface area contributed by atoms with Gasteiger partial charge >= 0.3 is 31.1 Å². The Bertz CT molecular complexity index is 6.85. The summed E-state index contributed by atoms with van der Waals surface area (Å²) in [5.74, 6) is 0. The van der Waals surface area contributed by atoms with Gasteiger partial charge in [0, 0.05) is 0 Å². The van der Waals surface area contributed by atoms with Crippen LogP contribution < -0.4 is 37.2 Å². The summed E-state index contributed by atoms with van der Waals surface area (Å²) in [6.07, 6.45) is 0. The van der Waals surface area contributed by atoms with Gasteiger partial charge in [-0.05, 0) is 0 Å². The van der Waals surface area contributed by atoms with Crippen LogP contribution in [0.5, 0.6) is 0 Å². The average molecular weight is 362 g/mol. The molecule has 0 spiro atoms. The Balaban J connectivity index is 0. The van der Waals surface area contributed by atoms with Gasteiger partial charge in [-0.15, -0.1) is 0 Å². The second kappa shape index (κ2) is 39.6. The molecule has 0 aromatic heterocycles. The van der Waals surface area contributed by atoms with Crippen LogP contribution >= 0.6 is 0 Å². The second-order valence-electron chi connectivity index (χ2n) is 0. The van der Waals surface area contributed by atoms with Gasteiger partial charge in [0.05, 0.1) is 0 Å². The van der Waals surface area contributed by atoms with Gasteiger partial charge in [0.15, 0.2) is 0 Å². The molecular weight excluding hydrogens is 360 g/mol. The van der Waals surface area contributed by atoms with Gasteiger partial charge in [0.2, 0.25) is 0 Å². The zero-order chi connectivity index (χ0) is 0. The third kappa shape index (κ3) is 25.0. The molecule has 0 aliphatic rings. The summed E-state index contributed by atoms with van der Waals surface area (Å²) >= 11 is 0. The van der Waals surface area contributed by atoms with Crippen LogP contribution in [0.2, 0.25) is 0 Å². The fraction of sp³-hybridized carbons (Fsp3) is 0. The SMILES string of the molecule is O.[Cl-].[Cl-].[Cl-].[U+3]. The Morgan fingerprint density at radius 3 is 0.600 bits per heavy atom. The molecule has 0 unspecified atom stereocenters. The molecule has 2 N–H and O–H groups in total. The van der Waals surface area contributed by atoms with Crippen molar-refractivity contribution in [2.75, 3.05) is 0 Å². The van der Waals surface area contributed by atoms with Crippen molar-refractivity contribution >= 4 is 0 Å². The van der Waals surface area contributed by atoms with Crippen molar-refractivity contribution in [1.29, 1.82) is 0 Å². The van der Waals surface area contributed by atoms with Crippen LogP contribution in [0.3, 0.4) is 0 Å². The Morgan fingerprint density at radius 2 is 0.600 bits per heavy atom. The number of hydrogen-bond acceptors (Lipinski definition) is 0. The predicted molar refractivity (Wildman–Crippen MR) is 3.61 cm³/mol. The van der Waals surface area contributed by atoms with Crippen LogP contribution in [0.4, 0.5) is 0 Å². The smallest absolute Gasteiger partial charge is 1.00 e. The zero-order valence-electron chi connectivity index (χ0n) is 2.13. The third-order valence-corrected chi connectivity index (χ3v) is 0. The first-order valence-corrected chi connectivity index (χ1v) is 0. The minimum absolute atomic E-state index is 0. The molecule has 0 amide bonds. The minimum Gasteiger partial charge on any atom is -1.00 e. The summed E-state index contributed by atoms with van der Waals surface area (Å²) in [5, 5.41) is 0. The molecule has 0 fully saturated rings. The van der Waals surface area contributed by atoms with Gasteiger partial charge in [-0.2, -0.15) is 0 Å². The van der Waals surface area contributed by atoms with Crippen molar-refractivity contribution in [2.24, 2.45) is 0 Å². The summed E-state index contributed by atoms with van der Waals surface area (Å²) in [7, 11) is 0. The molecule has 0 saturated heterocycles. The third-order valence-electron chi connectivity index (χ3n) is 0. The van der Waals surface area contributed by atoms with Gasteiger partial charge in [-0.1, -0.05) is 0 Å². The van der Waals surface area contributed by atoms with E-state index in [0.717, 1.165) is 0 Å². The van der Waals surface area contributed by atoms with Crippen LogP contribution in [-0.4, -0.2) is 5.48 Å². The van der Waals surface area contributed by atoms with Crippen molar-refractivity contribution in [3.63, 3.8) is 0 Å². The van der Waals surface area contributed by atoms with E-state index in [1.165, 1.54) is 0 Å². The molecule has 0 atom stereocenters. The molecule has 5 heteroatoms. The molecule has 0 rings (SSSR count). The van der Waals surface area contributed by atoms with E-state index in [4.69, 9.17) is 0 Å². The first-order chi connectivity index (χ1) is 0. The van der Waals surface area contributed by atoms with Crippen molar-refractivity contribution in [1.82, 2.24) is 0 Å². The fourth-order valence-electron chi connectivity index (χ4n) is 0. The molecule has 1 radical (unpaired) electrons. The number of rotatable bonds is 0. The normalized spacial score (nSPS) is 0. The first kappa shape index (κ1) is 67.2. The molecule has 0 aromatic rings. The summed E-state index contributed by atoms with van der Waals surface area (Å²) in [6, 6.07) is 0. The van der Waals surface area contributed by atoms with E-state index in [2.05, 4.69) is 0 Å². The summed E-state index contributed by atoms with van der Waals surface area (Å²) in [5.41, 5.74) is 0. The maximum Gasteiger partial charge on any atom is 3.00 e. The molecule has 5 heavy (non-hydrogen) atoms. The first-order valence-electron chi connectivity index (χ1n) is 0. The molecule has 33 valence electrons. The van der Waals surface area contributed by atoms with Crippen molar-refractivity contribution in [3.8, 4) is 0 Å². The number of halogens is 3. The molecule has 0 aliphatic carbocycles. The second-order valence-corrected chi connectivity index (χ2v) is 0.